The molecule has 0 aliphatic carbocycles. The number of aliphatic hydroxyl groups is 1. The predicted octanol–water partition coefficient (Wildman–Crippen LogP) is 3.51. The Labute approximate surface area is 180 Å². The number of hydrogen-bond acceptors (Lipinski definition) is 5. The van der Waals surface area contributed by atoms with E-state index >= 15 is 0 Å². The molecular formula is C24H25N5O2. The number of pyridine rings is 2. The van der Waals surface area contributed by atoms with Gasteiger partial charge in [-0.15, -0.1) is 0 Å². The zero-order valence-electron chi connectivity index (χ0n) is 17.7. The first-order valence-electron chi connectivity index (χ1n) is 10.4. The maximum absolute atomic E-state index is 11.7. The maximum atomic E-state index is 11.7. The van der Waals surface area contributed by atoms with Crippen LogP contribution in [0.5, 0.6) is 0 Å². The summed E-state index contributed by atoms with van der Waals surface area (Å²) in [6.45, 7) is 4.82. The number of aryl methyl sites for hydroxylation is 2. The molecule has 0 radical (unpaired) electrons. The molecule has 1 aliphatic rings. The van der Waals surface area contributed by atoms with Gasteiger partial charge in [0.25, 0.3) is 0 Å². The van der Waals surface area contributed by atoms with Gasteiger partial charge in [-0.25, -0.2) is 0 Å². The van der Waals surface area contributed by atoms with Crippen LogP contribution in [0, 0.1) is 6.92 Å². The Morgan fingerprint density at radius 1 is 1.23 bits per heavy atom. The highest BCUT2D eigenvalue weighted by Gasteiger charge is 2.25. The number of hydrogen-bond donors (Lipinski definition) is 2. The number of nitrogens with two attached hydrogens (primary N) is 1. The second-order valence-corrected chi connectivity index (χ2v) is 7.43. The van der Waals surface area contributed by atoms with Crippen LogP contribution in [0.3, 0.4) is 0 Å². The molecule has 4 heterocycles. The van der Waals surface area contributed by atoms with Crippen molar-refractivity contribution >= 4 is 16.8 Å². The second kappa shape index (κ2) is 8.65. The van der Waals surface area contributed by atoms with Gasteiger partial charge in [0.2, 0.25) is 5.91 Å². The van der Waals surface area contributed by atoms with Crippen molar-refractivity contribution < 1.29 is 9.90 Å². The lowest BCUT2D eigenvalue weighted by Crippen LogP contribution is -2.10. The van der Waals surface area contributed by atoms with E-state index in [0.717, 1.165) is 58.5 Å². The van der Waals surface area contributed by atoms with Crippen LogP contribution in [0.15, 0.2) is 48.7 Å². The van der Waals surface area contributed by atoms with Gasteiger partial charge in [0, 0.05) is 47.2 Å². The zero-order chi connectivity index (χ0) is 22.0. The number of carbonyl (C=O) groups is 1. The standard InChI is InChI=1S/C22H19N5O.C2H6O/c1-13-4-2-5-18(25-13)21-20(19-6-3-11-27(19)26-21)15-9-10-24-17-8-7-14(22(23)28)12-16(15)17;1-2-3/h2,4-5,7-10,12H,3,6,11H2,1H3,(H2,23,28);3H,2H2,1H3. The topological polar surface area (TPSA) is 107 Å². The summed E-state index contributed by atoms with van der Waals surface area (Å²) in [6, 6.07) is 13.3. The fourth-order valence-electron chi connectivity index (χ4n) is 3.99. The third-order valence-electron chi connectivity index (χ3n) is 5.27. The van der Waals surface area contributed by atoms with Crippen LogP contribution in [0.4, 0.5) is 0 Å². The highest BCUT2D eigenvalue weighted by molar-refractivity contribution is 6.03. The van der Waals surface area contributed by atoms with Crippen molar-refractivity contribution in [1.29, 1.82) is 0 Å². The number of aliphatic hydroxyl groups excluding tert-OH is 1. The van der Waals surface area contributed by atoms with Crippen molar-refractivity contribution in [3.05, 3.63) is 65.6 Å². The van der Waals surface area contributed by atoms with E-state index in [2.05, 4.69) is 9.67 Å². The Morgan fingerprint density at radius 2 is 2.03 bits per heavy atom. The van der Waals surface area contributed by atoms with Crippen LogP contribution in [0.25, 0.3) is 33.4 Å². The Balaban J connectivity index is 0.000000730. The van der Waals surface area contributed by atoms with E-state index in [0.29, 0.717) is 5.56 Å². The minimum Gasteiger partial charge on any atom is -0.397 e. The van der Waals surface area contributed by atoms with Crippen LogP contribution in [0.1, 0.15) is 35.1 Å². The molecule has 0 saturated heterocycles. The van der Waals surface area contributed by atoms with Gasteiger partial charge in [-0.2, -0.15) is 5.10 Å². The average molecular weight is 415 g/mol. The molecule has 4 aromatic rings. The van der Waals surface area contributed by atoms with E-state index in [9.17, 15) is 4.79 Å². The Bertz CT molecular complexity index is 1260. The van der Waals surface area contributed by atoms with E-state index in [1.54, 1.807) is 19.2 Å². The first-order valence-corrected chi connectivity index (χ1v) is 10.4. The van der Waals surface area contributed by atoms with Crippen LogP contribution >= 0.6 is 0 Å². The minimum atomic E-state index is -0.447. The van der Waals surface area contributed by atoms with Gasteiger partial charge in [0.1, 0.15) is 5.69 Å². The summed E-state index contributed by atoms with van der Waals surface area (Å²) in [5.41, 5.74) is 12.8. The predicted molar refractivity (Wildman–Crippen MR) is 121 cm³/mol. The van der Waals surface area contributed by atoms with Crippen LogP contribution in [0.2, 0.25) is 0 Å². The van der Waals surface area contributed by atoms with Gasteiger partial charge in [-0.05, 0) is 68.7 Å². The molecule has 1 aliphatic heterocycles. The van der Waals surface area contributed by atoms with E-state index < -0.39 is 5.91 Å². The number of carbonyl (C=O) groups excluding carboxylic acids is 1. The van der Waals surface area contributed by atoms with Crippen molar-refractivity contribution in [3.63, 3.8) is 0 Å². The minimum absolute atomic E-state index is 0.250. The Kier molecular flexibility index (Phi) is 5.77. The molecular weight excluding hydrogens is 390 g/mol. The first-order chi connectivity index (χ1) is 15.0. The molecule has 7 heteroatoms. The van der Waals surface area contributed by atoms with Crippen LogP contribution < -0.4 is 5.73 Å². The molecule has 1 aromatic carbocycles. The number of primary amides is 1. The zero-order valence-corrected chi connectivity index (χ0v) is 17.7. The molecule has 1 amide bonds. The highest BCUT2D eigenvalue weighted by atomic mass is 16.2. The number of amides is 1. The maximum Gasteiger partial charge on any atom is 0.248 e. The normalized spacial score (nSPS) is 12.4. The molecule has 0 saturated carbocycles. The highest BCUT2D eigenvalue weighted by Crippen LogP contribution is 2.39. The van der Waals surface area contributed by atoms with E-state index in [1.807, 2.05) is 43.3 Å². The molecule has 0 fully saturated rings. The van der Waals surface area contributed by atoms with Gasteiger partial charge in [0.15, 0.2) is 0 Å². The van der Waals surface area contributed by atoms with Crippen molar-refractivity contribution in [2.24, 2.45) is 5.73 Å². The summed E-state index contributed by atoms with van der Waals surface area (Å²) >= 11 is 0. The summed E-state index contributed by atoms with van der Waals surface area (Å²) in [4.78, 5) is 20.9. The van der Waals surface area contributed by atoms with Crippen molar-refractivity contribution in [2.45, 2.75) is 33.2 Å². The molecule has 7 nitrogen and oxygen atoms in total. The van der Waals surface area contributed by atoms with Crippen LogP contribution in [-0.2, 0) is 13.0 Å². The molecule has 0 atom stereocenters. The first kappa shape index (κ1) is 20.7. The third kappa shape index (κ3) is 3.92. The quantitative estimate of drug-likeness (QED) is 0.532. The average Bonchev–Trinajstić information content (AvgIpc) is 3.35. The number of aromatic nitrogens is 4. The van der Waals surface area contributed by atoms with Gasteiger partial charge in [-0.1, -0.05) is 6.07 Å². The molecule has 0 bridgehead atoms. The van der Waals surface area contributed by atoms with E-state index in [1.165, 1.54) is 5.69 Å². The van der Waals surface area contributed by atoms with E-state index in [-0.39, 0.29) is 6.61 Å². The number of benzene rings is 1. The Hall–Kier alpha value is -3.58. The SMILES string of the molecule is CCO.Cc1cccc(-c2nn3c(c2-c2ccnc4ccc(C(N)=O)cc24)CCC3)n1. The smallest absolute Gasteiger partial charge is 0.248 e. The fraction of sp³-hybridized carbons (Fsp3) is 0.250. The molecule has 158 valence electrons. The van der Waals surface area contributed by atoms with Crippen LogP contribution in [-0.4, -0.2) is 37.4 Å². The number of nitrogens with zero attached hydrogens (tertiary/aromatic N) is 4. The molecule has 3 aromatic heterocycles. The summed E-state index contributed by atoms with van der Waals surface area (Å²) in [7, 11) is 0. The van der Waals surface area contributed by atoms with Crippen molar-refractivity contribution in [3.8, 4) is 22.5 Å². The van der Waals surface area contributed by atoms with Gasteiger partial charge < -0.3 is 10.8 Å². The fourth-order valence-corrected chi connectivity index (χ4v) is 3.99. The lowest BCUT2D eigenvalue weighted by atomic mass is 9.95. The number of rotatable bonds is 3. The largest absolute Gasteiger partial charge is 0.397 e. The van der Waals surface area contributed by atoms with Crippen molar-refractivity contribution in [2.75, 3.05) is 6.61 Å². The van der Waals surface area contributed by atoms with Gasteiger partial charge in [0.05, 0.1) is 11.2 Å². The summed E-state index contributed by atoms with van der Waals surface area (Å²) in [5.74, 6) is -0.447. The van der Waals surface area contributed by atoms with Gasteiger partial charge in [-0.3, -0.25) is 19.4 Å². The molecule has 0 spiro atoms. The van der Waals surface area contributed by atoms with Crippen molar-refractivity contribution in [1.82, 2.24) is 19.7 Å². The Morgan fingerprint density at radius 3 is 2.77 bits per heavy atom. The lowest BCUT2D eigenvalue weighted by Gasteiger charge is -2.10. The lowest BCUT2D eigenvalue weighted by molar-refractivity contribution is 0.100. The third-order valence-corrected chi connectivity index (χ3v) is 5.27. The molecule has 31 heavy (non-hydrogen) atoms. The summed E-state index contributed by atoms with van der Waals surface area (Å²) in [6.07, 6.45) is 3.84. The molecule has 3 N–H and O–H groups in total. The number of fused-ring (bicyclic) bond motifs is 2. The second-order valence-electron chi connectivity index (χ2n) is 7.43. The molecule has 5 rings (SSSR count). The summed E-state index contributed by atoms with van der Waals surface area (Å²) < 4.78 is 2.08. The van der Waals surface area contributed by atoms with E-state index in [4.69, 9.17) is 20.9 Å². The van der Waals surface area contributed by atoms with Gasteiger partial charge >= 0.3 is 0 Å². The summed E-state index contributed by atoms with van der Waals surface area (Å²) in [5, 5.41) is 13.4. The monoisotopic (exact) mass is 415 g/mol. The molecule has 0 unspecified atom stereocenters.